The van der Waals surface area contributed by atoms with Gasteiger partial charge in [0.1, 0.15) is 16.7 Å². The number of halogens is 1. The highest BCUT2D eigenvalue weighted by molar-refractivity contribution is 6.29. The minimum Gasteiger partial charge on any atom is -0.497 e. The molecule has 0 saturated carbocycles. The van der Waals surface area contributed by atoms with Gasteiger partial charge >= 0.3 is 0 Å². The molecular formula is C22H20ClN5O. The summed E-state index contributed by atoms with van der Waals surface area (Å²) in [7, 11) is 1.65. The molecule has 0 saturated heterocycles. The molecule has 3 rings (SSSR count). The zero-order valence-electron chi connectivity index (χ0n) is 16.4. The van der Waals surface area contributed by atoms with Crippen LogP contribution in [0, 0.1) is 36.5 Å². The van der Waals surface area contributed by atoms with Crippen molar-refractivity contribution in [3.8, 4) is 17.9 Å². The predicted octanol–water partition coefficient (Wildman–Crippen LogP) is 4.80. The lowest BCUT2D eigenvalue weighted by atomic mass is 10.2. The number of nitriles is 2. The number of anilines is 1. The van der Waals surface area contributed by atoms with E-state index in [4.69, 9.17) is 26.9 Å². The molecule has 146 valence electrons. The van der Waals surface area contributed by atoms with E-state index < -0.39 is 0 Å². The van der Waals surface area contributed by atoms with Gasteiger partial charge < -0.3 is 10.1 Å². The number of aromatic nitrogens is 2. The van der Waals surface area contributed by atoms with Crippen LogP contribution in [0.15, 0.2) is 48.5 Å². The summed E-state index contributed by atoms with van der Waals surface area (Å²) in [6.45, 7) is 4.33. The van der Waals surface area contributed by atoms with Gasteiger partial charge in [0.25, 0.3) is 0 Å². The fourth-order valence-electron chi connectivity index (χ4n) is 2.45. The van der Waals surface area contributed by atoms with Gasteiger partial charge in [0.2, 0.25) is 0 Å². The van der Waals surface area contributed by atoms with Gasteiger partial charge in [-0.15, -0.1) is 0 Å². The van der Waals surface area contributed by atoms with Gasteiger partial charge in [-0.25, -0.2) is 9.97 Å². The Kier molecular flexibility index (Phi) is 7.97. The smallest absolute Gasteiger partial charge is 0.130 e. The molecule has 1 aromatic carbocycles. The molecule has 1 N–H and O–H groups in total. The van der Waals surface area contributed by atoms with Crippen molar-refractivity contribution in [2.75, 3.05) is 12.4 Å². The maximum atomic E-state index is 8.91. The lowest BCUT2D eigenvalue weighted by molar-refractivity contribution is 0.414. The second kappa shape index (κ2) is 10.7. The van der Waals surface area contributed by atoms with Crippen LogP contribution in [-0.4, -0.2) is 17.1 Å². The molecule has 6 nitrogen and oxygen atoms in total. The molecule has 0 atom stereocenters. The normalized spacial score (nSPS) is 9.45. The van der Waals surface area contributed by atoms with Gasteiger partial charge in [0, 0.05) is 17.9 Å². The van der Waals surface area contributed by atoms with E-state index in [0.717, 1.165) is 22.7 Å². The third-order valence-electron chi connectivity index (χ3n) is 3.77. The Labute approximate surface area is 175 Å². The monoisotopic (exact) mass is 405 g/mol. The molecule has 2 heterocycles. The highest BCUT2D eigenvalue weighted by Crippen LogP contribution is 2.14. The highest BCUT2D eigenvalue weighted by Gasteiger charge is 2.00. The van der Waals surface area contributed by atoms with Crippen molar-refractivity contribution in [1.82, 2.24) is 9.97 Å². The molecule has 2 aromatic heterocycles. The second-order valence-electron chi connectivity index (χ2n) is 6.13. The van der Waals surface area contributed by atoms with E-state index in [1.165, 1.54) is 6.07 Å². The summed E-state index contributed by atoms with van der Waals surface area (Å²) in [5, 5.41) is 20.9. The minimum absolute atomic E-state index is 0.372. The molecule has 0 aliphatic carbocycles. The molecule has 29 heavy (non-hydrogen) atoms. The molecule has 7 heteroatoms. The molecule has 0 aliphatic rings. The van der Waals surface area contributed by atoms with Crippen molar-refractivity contribution >= 4 is 17.4 Å². The maximum absolute atomic E-state index is 8.91. The lowest BCUT2D eigenvalue weighted by Crippen LogP contribution is -2.02. The summed E-state index contributed by atoms with van der Waals surface area (Å²) >= 11 is 5.57. The second-order valence-corrected chi connectivity index (χ2v) is 6.51. The van der Waals surface area contributed by atoms with Crippen LogP contribution in [0.1, 0.15) is 28.1 Å². The molecule has 0 aliphatic heterocycles. The quantitative estimate of drug-likeness (QED) is 0.626. The molecule has 0 bridgehead atoms. The van der Waals surface area contributed by atoms with Crippen LogP contribution in [0.4, 0.5) is 5.82 Å². The largest absolute Gasteiger partial charge is 0.497 e. The molecule has 0 spiro atoms. The van der Waals surface area contributed by atoms with Crippen LogP contribution in [0.2, 0.25) is 5.15 Å². The number of aryl methyl sites for hydroxylation is 2. The molecule has 0 amide bonds. The third-order valence-corrected chi connectivity index (χ3v) is 3.96. The van der Waals surface area contributed by atoms with Crippen molar-refractivity contribution in [2.24, 2.45) is 0 Å². The standard InChI is InChI=1S/C15H15N3O.C7H5ClN2/c1-11-7-13(9-16)8-15(18-11)17-10-12-3-5-14(19-2)6-4-12;1-5-2-6(4-9)3-7(8)10-5/h3-8H,10H2,1-2H3,(H,17,18);2-3H,1H3. The Balaban J connectivity index is 0.000000253. The van der Waals surface area contributed by atoms with Gasteiger partial charge in [-0.05, 0) is 55.8 Å². The number of hydrogen-bond donors (Lipinski definition) is 1. The zero-order chi connectivity index (χ0) is 21.2. The first-order valence-corrected chi connectivity index (χ1v) is 9.11. The zero-order valence-corrected chi connectivity index (χ0v) is 17.2. The van der Waals surface area contributed by atoms with E-state index in [1.807, 2.05) is 37.3 Å². The molecular weight excluding hydrogens is 386 g/mol. The molecule has 3 aromatic rings. The molecule has 0 fully saturated rings. The maximum Gasteiger partial charge on any atom is 0.130 e. The highest BCUT2D eigenvalue weighted by atomic mass is 35.5. The molecule has 0 unspecified atom stereocenters. The Morgan fingerprint density at radius 3 is 2.07 bits per heavy atom. The van der Waals surface area contributed by atoms with Crippen LogP contribution in [0.5, 0.6) is 5.75 Å². The SMILES string of the molecule is COc1ccc(CNc2cc(C#N)cc(C)n2)cc1.Cc1cc(C#N)cc(Cl)n1. The number of nitrogens with zero attached hydrogens (tertiary/aromatic N) is 4. The van der Waals surface area contributed by atoms with Crippen molar-refractivity contribution in [3.63, 3.8) is 0 Å². The molecule has 0 radical (unpaired) electrons. The minimum atomic E-state index is 0.372. The first-order chi connectivity index (χ1) is 13.9. The summed E-state index contributed by atoms with van der Waals surface area (Å²) in [6, 6.07) is 18.7. The third kappa shape index (κ3) is 7.14. The number of methoxy groups -OCH3 is 1. The first kappa shape index (κ1) is 21.7. The van der Waals surface area contributed by atoms with Crippen LogP contribution in [0.25, 0.3) is 0 Å². The van der Waals surface area contributed by atoms with Crippen molar-refractivity contribution in [3.05, 3.63) is 81.8 Å². The van der Waals surface area contributed by atoms with E-state index in [9.17, 15) is 0 Å². The summed E-state index contributed by atoms with van der Waals surface area (Å²) in [6.07, 6.45) is 0. The number of rotatable bonds is 4. The van der Waals surface area contributed by atoms with E-state index in [-0.39, 0.29) is 0 Å². The van der Waals surface area contributed by atoms with E-state index in [1.54, 1.807) is 32.2 Å². The Bertz CT molecular complexity index is 1030. The Morgan fingerprint density at radius 1 is 0.931 bits per heavy atom. The van der Waals surface area contributed by atoms with Crippen molar-refractivity contribution in [2.45, 2.75) is 20.4 Å². The number of benzene rings is 1. The van der Waals surface area contributed by atoms with Gasteiger partial charge in [-0.3, -0.25) is 0 Å². The van der Waals surface area contributed by atoms with Gasteiger partial charge in [-0.1, -0.05) is 23.7 Å². The number of nitrogens with one attached hydrogen (secondary N) is 1. The fraction of sp³-hybridized carbons (Fsp3) is 0.182. The van der Waals surface area contributed by atoms with Crippen LogP contribution >= 0.6 is 11.6 Å². The predicted molar refractivity (Wildman–Crippen MR) is 113 cm³/mol. The summed E-state index contributed by atoms with van der Waals surface area (Å²) in [5.74, 6) is 1.55. The number of pyridine rings is 2. The summed E-state index contributed by atoms with van der Waals surface area (Å²) < 4.78 is 5.11. The Morgan fingerprint density at radius 2 is 1.52 bits per heavy atom. The van der Waals surface area contributed by atoms with Crippen molar-refractivity contribution in [1.29, 1.82) is 10.5 Å². The van der Waals surface area contributed by atoms with Crippen LogP contribution in [0.3, 0.4) is 0 Å². The Hall–Kier alpha value is -3.61. The van der Waals surface area contributed by atoms with E-state index in [2.05, 4.69) is 21.4 Å². The van der Waals surface area contributed by atoms with E-state index in [0.29, 0.717) is 28.6 Å². The number of ether oxygens (including phenoxy) is 1. The fourth-order valence-corrected chi connectivity index (χ4v) is 2.70. The first-order valence-electron chi connectivity index (χ1n) is 8.73. The van der Waals surface area contributed by atoms with Crippen molar-refractivity contribution < 1.29 is 4.74 Å². The van der Waals surface area contributed by atoms with Crippen LogP contribution in [-0.2, 0) is 6.54 Å². The number of hydrogen-bond acceptors (Lipinski definition) is 6. The topological polar surface area (TPSA) is 94.6 Å². The van der Waals surface area contributed by atoms with Gasteiger partial charge in [-0.2, -0.15) is 10.5 Å². The van der Waals surface area contributed by atoms with Crippen LogP contribution < -0.4 is 10.1 Å². The summed E-state index contributed by atoms with van der Waals surface area (Å²) in [4.78, 5) is 8.24. The van der Waals surface area contributed by atoms with E-state index >= 15 is 0 Å². The van der Waals surface area contributed by atoms with Gasteiger partial charge in [0.15, 0.2) is 0 Å². The lowest BCUT2D eigenvalue weighted by Gasteiger charge is -2.07. The summed E-state index contributed by atoms with van der Waals surface area (Å²) in [5.41, 5.74) is 3.89. The van der Waals surface area contributed by atoms with Gasteiger partial charge in [0.05, 0.1) is 30.4 Å². The average Bonchev–Trinajstić information content (AvgIpc) is 2.72. The average molecular weight is 406 g/mol.